The van der Waals surface area contributed by atoms with E-state index in [4.69, 9.17) is 16.6 Å². The van der Waals surface area contributed by atoms with E-state index in [0.717, 1.165) is 55.7 Å². The Labute approximate surface area is 143 Å². The van der Waals surface area contributed by atoms with Crippen molar-refractivity contribution in [1.29, 1.82) is 0 Å². The minimum absolute atomic E-state index is 0.823. The maximum Gasteiger partial charge on any atom is 0.173 e. The topological polar surface area (TPSA) is 31.6 Å². The molecule has 4 nitrogen and oxygen atoms in total. The molecule has 5 heteroatoms. The Morgan fingerprint density at radius 3 is 2.61 bits per heavy atom. The van der Waals surface area contributed by atoms with Crippen LogP contribution in [0.4, 0.5) is 5.69 Å². The number of nitrogens with zero attached hydrogens (tertiary/aromatic N) is 2. The molecule has 0 aliphatic carbocycles. The highest BCUT2D eigenvalue weighted by molar-refractivity contribution is 7.80. The van der Waals surface area contributed by atoms with Gasteiger partial charge >= 0.3 is 0 Å². The first-order valence-corrected chi connectivity index (χ1v) is 8.55. The van der Waals surface area contributed by atoms with Gasteiger partial charge in [-0.3, -0.25) is 4.90 Å². The van der Waals surface area contributed by atoms with Crippen LogP contribution in [0.15, 0.2) is 47.1 Å². The number of benzene rings is 1. The molecule has 23 heavy (non-hydrogen) atoms. The van der Waals surface area contributed by atoms with Crippen LogP contribution < -0.4 is 5.32 Å². The van der Waals surface area contributed by atoms with Crippen LogP contribution in [-0.4, -0.2) is 41.1 Å². The standard InChI is InChI=1S/C18H23N3OS/c1-2-15-6-3-4-8-17(15)19-18(23)21-11-9-20(10-12-21)14-16-7-5-13-22-16/h3-8,13H,2,9-12,14H2,1H3,(H,19,23). The van der Waals surface area contributed by atoms with Gasteiger partial charge in [0.1, 0.15) is 5.76 Å². The summed E-state index contributed by atoms with van der Waals surface area (Å²) in [6, 6.07) is 12.3. The molecule has 0 amide bonds. The molecule has 1 N–H and O–H groups in total. The van der Waals surface area contributed by atoms with E-state index in [9.17, 15) is 0 Å². The van der Waals surface area contributed by atoms with Crippen molar-refractivity contribution in [1.82, 2.24) is 9.80 Å². The highest BCUT2D eigenvalue weighted by atomic mass is 32.1. The van der Waals surface area contributed by atoms with E-state index >= 15 is 0 Å². The number of piperazine rings is 1. The Hall–Kier alpha value is -1.85. The molecule has 0 spiro atoms. The van der Waals surface area contributed by atoms with Gasteiger partial charge in [0.2, 0.25) is 0 Å². The van der Waals surface area contributed by atoms with Crippen LogP contribution in [0.2, 0.25) is 0 Å². The van der Waals surface area contributed by atoms with Crippen molar-refractivity contribution in [3.8, 4) is 0 Å². The lowest BCUT2D eigenvalue weighted by molar-refractivity contribution is 0.166. The minimum Gasteiger partial charge on any atom is -0.468 e. The van der Waals surface area contributed by atoms with Gasteiger partial charge in [-0.15, -0.1) is 0 Å². The first-order valence-electron chi connectivity index (χ1n) is 8.15. The molecule has 1 aromatic heterocycles. The summed E-state index contributed by atoms with van der Waals surface area (Å²) in [7, 11) is 0. The monoisotopic (exact) mass is 329 g/mol. The molecule has 122 valence electrons. The summed E-state index contributed by atoms with van der Waals surface area (Å²) in [5.74, 6) is 1.02. The van der Waals surface area contributed by atoms with Crippen molar-refractivity contribution in [2.75, 3.05) is 31.5 Å². The molecule has 1 aliphatic rings. The molecule has 1 aromatic carbocycles. The van der Waals surface area contributed by atoms with E-state index in [0.29, 0.717) is 0 Å². The summed E-state index contributed by atoms with van der Waals surface area (Å²) in [6.45, 7) is 6.92. The molecule has 2 heterocycles. The predicted octanol–water partition coefficient (Wildman–Crippen LogP) is 3.36. The number of hydrogen-bond donors (Lipinski definition) is 1. The van der Waals surface area contributed by atoms with E-state index in [1.54, 1.807) is 6.26 Å². The average molecular weight is 329 g/mol. The Bertz CT molecular complexity index is 633. The molecule has 0 unspecified atom stereocenters. The summed E-state index contributed by atoms with van der Waals surface area (Å²) in [6.07, 6.45) is 2.73. The Morgan fingerprint density at radius 1 is 1.13 bits per heavy atom. The molecular weight excluding hydrogens is 306 g/mol. The molecule has 0 saturated carbocycles. The second kappa shape index (κ2) is 7.62. The van der Waals surface area contributed by atoms with Crippen molar-refractivity contribution >= 4 is 23.0 Å². The Morgan fingerprint density at radius 2 is 1.91 bits per heavy atom. The third-order valence-electron chi connectivity index (χ3n) is 4.26. The summed E-state index contributed by atoms with van der Waals surface area (Å²) in [4.78, 5) is 4.65. The quantitative estimate of drug-likeness (QED) is 0.870. The average Bonchev–Trinajstić information content (AvgIpc) is 3.09. The molecule has 1 fully saturated rings. The van der Waals surface area contributed by atoms with Crippen molar-refractivity contribution in [2.24, 2.45) is 0 Å². The number of aryl methyl sites for hydroxylation is 1. The largest absolute Gasteiger partial charge is 0.468 e. The number of furan rings is 1. The molecule has 1 aliphatic heterocycles. The molecule has 1 saturated heterocycles. The smallest absolute Gasteiger partial charge is 0.173 e. The van der Waals surface area contributed by atoms with Crippen LogP contribution in [-0.2, 0) is 13.0 Å². The van der Waals surface area contributed by atoms with Crippen LogP contribution in [0.1, 0.15) is 18.2 Å². The van der Waals surface area contributed by atoms with Gasteiger partial charge in [-0.25, -0.2) is 0 Å². The normalized spacial score (nSPS) is 15.6. The van der Waals surface area contributed by atoms with E-state index in [1.165, 1.54) is 5.56 Å². The maximum absolute atomic E-state index is 5.60. The lowest BCUT2D eigenvalue weighted by Crippen LogP contribution is -2.49. The third kappa shape index (κ3) is 4.12. The highest BCUT2D eigenvalue weighted by Gasteiger charge is 2.20. The van der Waals surface area contributed by atoms with Gasteiger partial charge in [0.25, 0.3) is 0 Å². The third-order valence-corrected chi connectivity index (χ3v) is 4.62. The van der Waals surface area contributed by atoms with Crippen LogP contribution >= 0.6 is 12.2 Å². The zero-order valence-electron chi connectivity index (χ0n) is 13.5. The zero-order valence-corrected chi connectivity index (χ0v) is 14.3. The second-order valence-electron chi connectivity index (χ2n) is 5.78. The number of hydrogen-bond acceptors (Lipinski definition) is 3. The molecule has 2 aromatic rings. The van der Waals surface area contributed by atoms with Crippen LogP contribution in [0.25, 0.3) is 0 Å². The lowest BCUT2D eigenvalue weighted by Gasteiger charge is -2.36. The first-order chi connectivity index (χ1) is 11.3. The molecule has 0 bridgehead atoms. The SMILES string of the molecule is CCc1ccccc1NC(=S)N1CCN(Cc2ccco2)CC1. The zero-order chi connectivity index (χ0) is 16.1. The van der Waals surface area contributed by atoms with Gasteiger partial charge in [-0.1, -0.05) is 25.1 Å². The molecular formula is C18H23N3OS. The fraction of sp³-hybridized carbons (Fsp3) is 0.389. The number of para-hydroxylation sites is 1. The van der Waals surface area contributed by atoms with Gasteiger partial charge in [-0.05, 0) is 42.4 Å². The summed E-state index contributed by atoms with van der Waals surface area (Å²) >= 11 is 5.60. The van der Waals surface area contributed by atoms with Crippen molar-refractivity contribution in [2.45, 2.75) is 19.9 Å². The molecule has 3 rings (SSSR count). The number of anilines is 1. The summed E-state index contributed by atoms with van der Waals surface area (Å²) in [5.41, 5.74) is 2.42. The van der Waals surface area contributed by atoms with Crippen molar-refractivity contribution in [3.05, 3.63) is 54.0 Å². The van der Waals surface area contributed by atoms with Gasteiger partial charge in [-0.2, -0.15) is 0 Å². The fourth-order valence-corrected chi connectivity index (χ4v) is 3.17. The first kappa shape index (κ1) is 16.0. The van der Waals surface area contributed by atoms with E-state index < -0.39 is 0 Å². The van der Waals surface area contributed by atoms with Crippen LogP contribution in [0.5, 0.6) is 0 Å². The summed E-state index contributed by atoms with van der Waals surface area (Å²) < 4.78 is 5.42. The Kier molecular flexibility index (Phi) is 5.31. The number of nitrogens with one attached hydrogen (secondary N) is 1. The second-order valence-corrected chi connectivity index (χ2v) is 6.17. The summed E-state index contributed by atoms with van der Waals surface area (Å²) in [5, 5.41) is 4.23. The van der Waals surface area contributed by atoms with Crippen LogP contribution in [0, 0.1) is 0 Å². The lowest BCUT2D eigenvalue weighted by atomic mass is 10.1. The van der Waals surface area contributed by atoms with E-state index in [2.05, 4.69) is 40.2 Å². The van der Waals surface area contributed by atoms with Gasteiger partial charge in [0, 0.05) is 31.9 Å². The van der Waals surface area contributed by atoms with Crippen molar-refractivity contribution < 1.29 is 4.42 Å². The van der Waals surface area contributed by atoms with Crippen LogP contribution in [0.3, 0.4) is 0 Å². The minimum atomic E-state index is 0.823. The number of thiocarbonyl (C=S) groups is 1. The van der Waals surface area contributed by atoms with Gasteiger partial charge in [0.05, 0.1) is 12.8 Å². The highest BCUT2D eigenvalue weighted by Crippen LogP contribution is 2.17. The molecule has 0 atom stereocenters. The van der Waals surface area contributed by atoms with Crippen molar-refractivity contribution in [3.63, 3.8) is 0 Å². The fourth-order valence-electron chi connectivity index (χ4n) is 2.88. The molecule has 0 radical (unpaired) electrons. The Balaban J connectivity index is 1.52. The number of rotatable bonds is 4. The maximum atomic E-state index is 5.60. The van der Waals surface area contributed by atoms with E-state index in [-0.39, 0.29) is 0 Å². The predicted molar refractivity (Wildman–Crippen MR) is 97.6 cm³/mol. The van der Waals surface area contributed by atoms with Gasteiger partial charge < -0.3 is 14.6 Å². The van der Waals surface area contributed by atoms with Gasteiger partial charge in [0.15, 0.2) is 5.11 Å². The van der Waals surface area contributed by atoms with E-state index in [1.807, 2.05) is 18.2 Å².